The van der Waals surface area contributed by atoms with Crippen LogP contribution in [0.4, 0.5) is 5.82 Å². The average Bonchev–Trinajstić information content (AvgIpc) is 2.86. The van der Waals surface area contributed by atoms with Gasteiger partial charge in [-0.2, -0.15) is 0 Å². The van der Waals surface area contributed by atoms with Gasteiger partial charge in [-0.25, -0.2) is 9.97 Å². The first kappa shape index (κ1) is 12.9. The standard InChI is InChI=1S/C12H8ClN5OS/c1-6-9(20-18-17-6)12(19)16-11-10(13)14-7-4-2-3-5-8(7)15-11/h2-5H,1H3,(H,15,16,19). The summed E-state index contributed by atoms with van der Waals surface area (Å²) in [5, 5.41) is 6.57. The SMILES string of the molecule is Cc1nnsc1C(=O)Nc1nc2ccccc2nc1Cl. The van der Waals surface area contributed by atoms with Crippen molar-refractivity contribution in [3.8, 4) is 0 Å². The van der Waals surface area contributed by atoms with E-state index in [0.29, 0.717) is 21.6 Å². The highest BCUT2D eigenvalue weighted by atomic mass is 35.5. The van der Waals surface area contributed by atoms with Gasteiger partial charge in [0.2, 0.25) is 0 Å². The lowest BCUT2D eigenvalue weighted by Crippen LogP contribution is -2.13. The highest BCUT2D eigenvalue weighted by molar-refractivity contribution is 7.08. The van der Waals surface area contributed by atoms with Gasteiger partial charge in [-0.1, -0.05) is 28.2 Å². The van der Waals surface area contributed by atoms with Crippen molar-refractivity contribution in [2.45, 2.75) is 6.92 Å². The predicted octanol–water partition coefficient (Wildman–Crippen LogP) is 2.70. The number of halogens is 1. The number of benzene rings is 1. The molecule has 0 aliphatic carbocycles. The zero-order valence-corrected chi connectivity index (χ0v) is 11.9. The summed E-state index contributed by atoms with van der Waals surface area (Å²) in [5.74, 6) is -0.118. The molecule has 0 spiro atoms. The van der Waals surface area contributed by atoms with E-state index < -0.39 is 0 Å². The fourth-order valence-corrected chi connectivity index (χ4v) is 2.39. The predicted molar refractivity (Wildman–Crippen MR) is 77.1 cm³/mol. The molecule has 0 bridgehead atoms. The van der Waals surface area contributed by atoms with Crippen molar-refractivity contribution in [3.63, 3.8) is 0 Å². The number of nitrogens with one attached hydrogen (secondary N) is 1. The number of fused-ring (bicyclic) bond motifs is 1. The van der Waals surface area contributed by atoms with Gasteiger partial charge in [0.25, 0.3) is 5.91 Å². The first-order chi connectivity index (χ1) is 9.65. The lowest BCUT2D eigenvalue weighted by molar-refractivity contribution is 0.102. The maximum atomic E-state index is 12.1. The number of hydrogen-bond donors (Lipinski definition) is 1. The number of anilines is 1. The molecule has 2 heterocycles. The van der Waals surface area contributed by atoms with E-state index in [1.54, 1.807) is 19.1 Å². The highest BCUT2D eigenvalue weighted by Crippen LogP contribution is 2.22. The van der Waals surface area contributed by atoms with E-state index in [-0.39, 0.29) is 16.9 Å². The smallest absolute Gasteiger partial charge is 0.270 e. The number of nitrogens with zero attached hydrogens (tertiary/aromatic N) is 4. The Hall–Kier alpha value is -2.12. The van der Waals surface area contributed by atoms with E-state index in [2.05, 4.69) is 24.9 Å². The summed E-state index contributed by atoms with van der Waals surface area (Å²) in [6.45, 7) is 1.71. The zero-order chi connectivity index (χ0) is 14.1. The highest BCUT2D eigenvalue weighted by Gasteiger charge is 2.16. The molecule has 0 radical (unpaired) electrons. The van der Waals surface area contributed by atoms with Crippen LogP contribution in [0.1, 0.15) is 15.4 Å². The molecule has 8 heteroatoms. The average molecular weight is 306 g/mol. The second-order valence-electron chi connectivity index (χ2n) is 3.99. The van der Waals surface area contributed by atoms with E-state index in [9.17, 15) is 4.79 Å². The molecule has 1 aromatic carbocycles. The Labute approximate surface area is 123 Å². The molecule has 0 unspecified atom stereocenters. The summed E-state index contributed by atoms with van der Waals surface area (Å²) in [6, 6.07) is 7.29. The molecule has 3 aromatic rings. The number of hydrogen-bond acceptors (Lipinski definition) is 6. The lowest BCUT2D eigenvalue weighted by atomic mass is 10.3. The summed E-state index contributed by atoms with van der Waals surface area (Å²) >= 11 is 7.05. The van der Waals surface area contributed by atoms with E-state index in [4.69, 9.17) is 11.6 Å². The third-order valence-electron chi connectivity index (χ3n) is 2.62. The summed E-state index contributed by atoms with van der Waals surface area (Å²) in [7, 11) is 0. The third kappa shape index (κ3) is 2.33. The van der Waals surface area contributed by atoms with Crippen LogP contribution in [0.3, 0.4) is 0 Å². The van der Waals surface area contributed by atoms with Crippen molar-refractivity contribution in [1.29, 1.82) is 0 Å². The molecule has 0 aliphatic heterocycles. The Balaban J connectivity index is 1.96. The Morgan fingerprint density at radius 2 is 1.95 bits per heavy atom. The monoisotopic (exact) mass is 305 g/mol. The van der Waals surface area contributed by atoms with Gasteiger partial charge in [-0.3, -0.25) is 4.79 Å². The fraction of sp³-hybridized carbons (Fsp3) is 0.0833. The maximum Gasteiger partial charge on any atom is 0.270 e. The molecule has 2 aromatic heterocycles. The quantitative estimate of drug-likeness (QED) is 0.787. The summed E-state index contributed by atoms with van der Waals surface area (Å²) in [4.78, 5) is 21.0. The first-order valence-corrected chi connectivity index (χ1v) is 6.83. The Kier molecular flexibility index (Phi) is 3.29. The summed E-state index contributed by atoms with van der Waals surface area (Å²) < 4.78 is 3.72. The molecule has 3 rings (SSSR count). The van der Waals surface area contributed by atoms with E-state index in [0.717, 1.165) is 11.5 Å². The molecule has 20 heavy (non-hydrogen) atoms. The van der Waals surface area contributed by atoms with E-state index >= 15 is 0 Å². The zero-order valence-electron chi connectivity index (χ0n) is 10.3. The number of aryl methyl sites for hydroxylation is 1. The van der Waals surface area contributed by atoms with Crippen LogP contribution in [0, 0.1) is 6.92 Å². The molecular weight excluding hydrogens is 298 g/mol. The van der Waals surface area contributed by atoms with Gasteiger partial charge in [0.15, 0.2) is 11.0 Å². The van der Waals surface area contributed by atoms with Gasteiger partial charge in [-0.05, 0) is 30.6 Å². The topological polar surface area (TPSA) is 80.7 Å². The van der Waals surface area contributed by atoms with Crippen LogP contribution in [0.15, 0.2) is 24.3 Å². The number of carbonyl (C=O) groups is 1. The van der Waals surface area contributed by atoms with Crippen molar-refractivity contribution in [1.82, 2.24) is 19.6 Å². The van der Waals surface area contributed by atoms with Crippen molar-refractivity contribution in [3.05, 3.63) is 40.0 Å². The molecule has 0 saturated heterocycles. The van der Waals surface area contributed by atoms with Crippen LogP contribution >= 0.6 is 23.1 Å². The van der Waals surface area contributed by atoms with E-state index in [1.165, 1.54) is 0 Å². The van der Waals surface area contributed by atoms with Gasteiger partial charge in [0, 0.05) is 0 Å². The molecule has 100 valence electrons. The lowest BCUT2D eigenvalue weighted by Gasteiger charge is -2.06. The minimum atomic E-state index is -0.344. The molecule has 0 atom stereocenters. The minimum absolute atomic E-state index is 0.146. The van der Waals surface area contributed by atoms with Crippen LogP contribution in [0.5, 0.6) is 0 Å². The third-order valence-corrected chi connectivity index (χ3v) is 3.71. The Morgan fingerprint density at radius 3 is 2.60 bits per heavy atom. The minimum Gasteiger partial charge on any atom is -0.303 e. The Morgan fingerprint density at radius 1 is 1.25 bits per heavy atom. The van der Waals surface area contributed by atoms with Gasteiger partial charge in [0.1, 0.15) is 4.88 Å². The van der Waals surface area contributed by atoms with Crippen LogP contribution < -0.4 is 5.32 Å². The normalized spacial score (nSPS) is 10.7. The van der Waals surface area contributed by atoms with Gasteiger partial charge < -0.3 is 5.32 Å². The molecule has 0 aliphatic rings. The number of para-hydroxylation sites is 2. The molecule has 0 fully saturated rings. The largest absolute Gasteiger partial charge is 0.303 e. The second kappa shape index (κ2) is 5.10. The van der Waals surface area contributed by atoms with Crippen molar-refractivity contribution < 1.29 is 4.79 Å². The molecule has 6 nitrogen and oxygen atoms in total. The fourth-order valence-electron chi connectivity index (χ4n) is 1.66. The van der Waals surface area contributed by atoms with Crippen molar-refractivity contribution in [2.75, 3.05) is 5.32 Å². The number of amides is 1. The van der Waals surface area contributed by atoms with Crippen LogP contribution in [0.25, 0.3) is 11.0 Å². The van der Waals surface area contributed by atoms with Crippen LogP contribution in [-0.2, 0) is 0 Å². The van der Waals surface area contributed by atoms with Crippen molar-refractivity contribution >= 4 is 45.9 Å². The van der Waals surface area contributed by atoms with Crippen molar-refractivity contribution in [2.24, 2.45) is 0 Å². The van der Waals surface area contributed by atoms with Gasteiger partial charge in [0.05, 0.1) is 16.7 Å². The number of aromatic nitrogens is 4. The number of carbonyl (C=O) groups excluding carboxylic acids is 1. The maximum absolute atomic E-state index is 12.1. The van der Waals surface area contributed by atoms with Gasteiger partial charge in [-0.15, -0.1) is 5.10 Å². The Bertz CT molecular complexity index is 803. The van der Waals surface area contributed by atoms with Crippen LogP contribution in [0.2, 0.25) is 5.15 Å². The number of rotatable bonds is 2. The second-order valence-corrected chi connectivity index (χ2v) is 5.11. The summed E-state index contributed by atoms with van der Waals surface area (Å²) in [6.07, 6.45) is 0. The van der Waals surface area contributed by atoms with Crippen LogP contribution in [-0.4, -0.2) is 25.5 Å². The molecule has 1 amide bonds. The molecule has 1 N–H and O–H groups in total. The van der Waals surface area contributed by atoms with E-state index in [1.807, 2.05) is 12.1 Å². The summed E-state index contributed by atoms with van der Waals surface area (Å²) in [5.41, 5.74) is 1.90. The first-order valence-electron chi connectivity index (χ1n) is 5.68. The molecular formula is C12H8ClN5OS. The molecule has 0 saturated carbocycles. The van der Waals surface area contributed by atoms with Gasteiger partial charge >= 0.3 is 0 Å².